The molecule has 0 atom stereocenters. The van der Waals surface area contributed by atoms with Crippen molar-refractivity contribution in [1.82, 2.24) is 14.8 Å². The molecule has 2 aromatic carbocycles. The van der Waals surface area contributed by atoms with Crippen molar-refractivity contribution in [3.63, 3.8) is 0 Å². The van der Waals surface area contributed by atoms with E-state index in [0.717, 1.165) is 15.7 Å². The number of hydrogen-bond donors (Lipinski definition) is 1. The van der Waals surface area contributed by atoms with Gasteiger partial charge in [-0.15, -0.1) is 21.6 Å². The van der Waals surface area contributed by atoms with Gasteiger partial charge < -0.3 is 0 Å². The lowest BCUT2D eigenvalue weighted by atomic mass is 10.2. The van der Waals surface area contributed by atoms with Crippen LogP contribution in [0.15, 0.2) is 73.4 Å². The first kappa shape index (κ1) is 18.8. The van der Waals surface area contributed by atoms with Crippen molar-refractivity contribution in [2.24, 2.45) is 10.2 Å². The standard InChI is InChI=1S/C19H13BrClN5OS/c1-11-17(24-23-15-5-3-2-4-14(15)20)18(27)26(25-11)19-22-16(10-28-19)12-6-8-13(21)9-7-12/h2-10,25H,1H3. The minimum Gasteiger partial charge on any atom is -0.291 e. The molecule has 6 nitrogen and oxygen atoms in total. The number of aromatic amines is 1. The van der Waals surface area contributed by atoms with E-state index in [9.17, 15) is 4.79 Å². The van der Waals surface area contributed by atoms with Crippen LogP contribution in [0.5, 0.6) is 0 Å². The number of benzene rings is 2. The highest BCUT2D eigenvalue weighted by molar-refractivity contribution is 9.10. The molecule has 0 saturated heterocycles. The second-order valence-electron chi connectivity index (χ2n) is 5.90. The topological polar surface area (TPSA) is 75.4 Å². The fraction of sp³-hybridized carbons (Fsp3) is 0.0526. The molecule has 0 fully saturated rings. The van der Waals surface area contributed by atoms with Crippen LogP contribution in [0.25, 0.3) is 16.4 Å². The van der Waals surface area contributed by atoms with E-state index in [4.69, 9.17) is 11.6 Å². The van der Waals surface area contributed by atoms with Gasteiger partial charge in [-0.1, -0.05) is 35.9 Å². The van der Waals surface area contributed by atoms with E-state index >= 15 is 0 Å². The number of nitrogens with one attached hydrogen (secondary N) is 1. The van der Waals surface area contributed by atoms with E-state index in [1.165, 1.54) is 16.0 Å². The number of H-pyrrole nitrogens is 1. The Hall–Kier alpha value is -2.55. The molecule has 0 amide bonds. The van der Waals surface area contributed by atoms with Gasteiger partial charge >= 0.3 is 5.56 Å². The summed E-state index contributed by atoms with van der Waals surface area (Å²) in [6.45, 7) is 1.78. The monoisotopic (exact) mass is 473 g/mol. The number of rotatable bonds is 4. The van der Waals surface area contributed by atoms with E-state index in [2.05, 4.69) is 36.2 Å². The number of azo groups is 1. The smallest absolute Gasteiger partial charge is 0.291 e. The SMILES string of the molecule is Cc1[nH]n(-c2nc(-c3ccc(Cl)cc3)cs2)c(=O)c1N=Nc1ccccc1Br. The van der Waals surface area contributed by atoms with Crippen molar-refractivity contribution in [2.45, 2.75) is 6.92 Å². The Morgan fingerprint density at radius 3 is 2.64 bits per heavy atom. The maximum Gasteiger partial charge on any atom is 0.301 e. The molecule has 0 saturated carbocycles. The van der Waals surface area contributed by atoms with Crippen LogP contribution in [0.4, 0.5) is 11.4 Å². The quantitative estimate of drug-likeness (QED) is 0.346. The Morgan fingerprint density at radius 2 is 1.89 bits per heavy atom. The highest BCUT2D eigenvalue weighted by Gasteiger charge is 2.15. The van der Waals surface area contributed by atoms with E-state index in [0.29, 0.717) is 21.5 Å². The van der Waals surface area contributed by atoms with Gasteiger partial charge in [-0.2, -0.15) is 4.68 Å². The first-order chi connectivity index (χ1) is 13.5. The first-order valence-electron chi connectivity index (χ1n) is 8.22. The van der Waals surface area contributed by atoms with Gasteiger partial charge in [-0.3, -0.25) is 9.89 Å². The lowest BCUT2D eigenvalue weighted by molar-refractivity contribution is 0.827. The summed E-state index contributed by atoms with van der Waals surface area (Å²) >= 11 is 10.7. The third kappa shape index (κ3) is 3.71. The van der Waals surface area contributed by atoms with Gasteiger partial charge in [-0.05, 0) is 47.1 Å². The molecule has 28 heavy (non-hydrogen) atoms. The number of thiazole rings is 1. The predicted molar refractivity (Wildman–Crippen MR) is 116 cm³/mol. The molecule has 2 heterocycles. The molecule has 140 valence electrons. The summed E-state index contributed by atoms with van der Waals surface area (Å²) in [5.41, 5.74) is 2.91. The van der Waals surface area contributed by atoms with Crippen molar-refractivity contribution in [3.05, 3.63) is 79.5 Å². The molecular formula is C19H13BrClN5OS. The van der Waals surface area contributed by atoms with Crippen LogP contribution in [-0.4, -0.2) is 14.8 Å². The molecule has 0 aliphatic heterocycles. The first-order valence-corrected chi connectivity index (χ1v) is 10.3. The molecule has 4 aromatic rings. The minimum absolute atomic E-state index is 0.249. The van der Waals surface area contributed by atoms with Gasteiger partial charge in [0.25, 0.3) is 0 Å². The van der Waals surface area contributed by atoms with Gasteiger partial charge in [-0.25, -0.2) is 4.98 Å². The summed E-state index contributed by atoms with van der Waals surface area (Å²) in [7, 11) is 0. The minimum atomic E-state index is -0.301. The molecular weight excluding hydrogens is 462 g/mol. The van der Waals surface area contributed by atoms with Crippen molar-refractivity contribution in [1.29, 1.82) is 0 Å². The average Bonchev–Trinajstić information content (AvgIpc) is 3.27. The van der Waals surface area contributed by atoms with E-state index in [1.807, 2.05) is 41.8 Å². The third-order valence-corrected chi connectivity index (χ3v) is 5.72. The fourth-order valence-electron chi connectivity index (χ4n) is 2.55. The van der Waals surface area contributed by atoms with Crippen molar-refractivity contribution in [2.75, 3.05) is 0 Å². The zero-order valence-corrected chi connectivity index (χ0v) is 17.7. The van der Waals surface area contributed by atoms with Crippen LogP contribution in [0.1, 0.15) is 5.69 Å². The Bertz CT molecular complexity index is 1230. The summed E-state index contributed by atoms with van der Waals surface area (Å²) in [5.74, 6) is 0. The summed E-state index contributed by atoms with van der Waals surface area (Å²) in [6, 6.07) is 14.8. The highest BCUT2D eigenvalue weighted by Crippen LogP contribution is 2.28. The predicted octanol–water partition coefficient (Wildman–Crippen LogP) is 6.43. The Morgan fingerprint density at radius 1 is 1.14 bits per heavy atom. The summed E-state index contributed by atoms with van der Waals surface area (Å²) in [5, 5.41) is 14.4. The molecule has 0 aliphatic rings. The van der Waals surface area contributed by atoms with E-state index in [1.54, 1.807) is 19.1 Å². The zero-order chi connectivity index (χ0) is 19.7. The Kier molecular flexibility index (Phi) is 5.25. The van der Waals surface area contributed by atoms with Gasteiger partial charge in [0.05, 0.1) is 17.1 Å². The number of aromatic nitrogens is 3. The number of aryl methyl sites for hydroxylation is 1. The largest absolute Gasteiger partial charge is 0.301 e. The fourth-order valence-corrected chi connectivity index (χ4v) is 3.83. The second kappa shape index (κ2) is 7.83. The lowest BCUT2D eigenvalue weighted by Gasteiger charge is -1.97. The summed E-state index contributed by atoms with van der Waals surface area (Å²) < 4.78 is 2.19. The van der Waals surface area contributed by atoms with Crippen LogP contribution in [-0.2, 0) is 0 Å². The number of halogens is 2. The molecule has 0 radical (unpaired) electrons. The molecule has 0 unspecified atom stereocenters. The lowest BCUT2D eigenvalue weighted by Crippen LogP contribution is -2.13. The Labute approximate surface area is 177 Å². The average molecular weight is 475 g/mol. The Balaban J connectivity index is 1.67. The number of hydrogen-bond acceptors (Lipinski definition) is 5. The van der Waals surface area contributed by atoms with Gasteiger partial charge in [0.15, 0.2) is 5.69 Å². The van der Waals surface area contributed by atoms with Crippen molar-refractivity contribution < 1.29 is 0 Å². The van der Waals surface area contributed by atoms with E-state index < -0.39 is 0 Å². The van der Waals surface area contributed by atoms with Crippen LogP contribution in [0, 0.1) is 6.92 Å². The molecule has 0 spiro atoms. The molecule has 1 N–H and O–H groups in total. The highest BCUT2D eigenvalue weighted by atomic mass is 79.9. The zero-order valence-electron chi connectivity index (χ0n) is 14.6. The van der Waals surface area contributed by atoms with Crippen LogP contribution in [0.2, 0.25) is 5.02 Å². The summed E-state index contributed by atoms with van der Waals surface area (Å²) in [4.78, 5) is 17.4. The molecule has 0 bridgehead atoms. The normalized spacial score (nSPS) is 11.4. The summed E-state index contributed by atoms with van der Waals surface area (Å²) in [6.07, 6.45) is 0. The van der Waals surface area contributed by atoms with Crippen LogP contribution < -0.4 is 5.56 Å². The van der Waals surface area contributed by atoms with Gasteiger partial charge in [0.1, 0.15) is 0 Å². The second-order valence-corrected chi connectivity index (χ2v) is 8.03. The third-order valence-electron chi connectivity index (χ3n) is 3.97. The van der Waals surface area contributed by atoms with Gasteiger partial charge in [0, 0.05) is 20.4 Å². The van der Waals surface area contributed by atoms with Crippen LogP contribution >= 0.6 is 38.9 Å². The maximum atomic E-state index is 12.8. The van der Waals surface area contributed by atoms with Crippen LogP contribution in [0.3, 0.4) is 0 Å². The van der Waals surface area contributed by atoms with E-state index in [-0.39, 0.29) is 11.2 Å². The van der Waals surface area contributed by atoms with Crippen molar-refractivity contribution >= 4 is 50.2 Å². The maximum absolute atomic E-state index is 12.8. The molecule has 4 rings (SSSR count). The molecule has 2 aromatic heterocycles. The van der Waals surface area contributed by atoms with Gasteiger partial charge in [0.2, 0.25) is 5.13 Å². The molecule has 0 aliphatic carbocycles. The molecule has 9 heteroatoms. The van der Waals surface area contributed by atoms with Crippen molar-refractivity contribution in [3.8, 4) is 16.4 Å². The number of nitrogens with zero attached hydrogens (tertiary/aromatic N) is 4.